The molecule has 4 N–H and O–H groups in total. The number of hydrogen-bond acceptors (Lipinski definition) is 7. The maximum atomic E-state index is 12.7. The first-order chi connectivity index (χ1) is 13.1. The smallest absolute Gasteiger partial charge is 0.264 e. The molecule has 5 rings (SSSR count). The van der Waals surface area contributed by atoms with E-state index in [-0.39, 0.29) is 18.0 Å². The first kappa shape index (κ1) is 15.9. The van der Waals surface area contributed by atoms with Gasteiger partial charge in [0.25, 0.3) is 5.91 Å². The Morgan fingerprint density at radius 3 is 2.93 bits per heavy atom. The normalized spacial score (nSPS) is 24.7. The maximum Gasteiger partial charge on any atom is 0.264 e. The van der Waals surface area contributed by atoms with Crippen LogP contribution in [0.4, 0.5) is 0 Å². The van der Waals surface area contributed by atoms with Crippen molar-refractivity contribution in [1.29, 1.82) is 0 Å². The molecule has 4 heterocycles. The third kappa shape index (κ3) is 2.47. The molecule has 1 amide bonds. The van der Waals surface area contributed by atoms with Gasteiger partial charge in [-0.25, -0.2) is 15.1 Å². The molecule has 2 aliphatic heterocycles. The molecule has 0 spiro atoms. The summed E-state index contributed by atoms with van der Waals surface area (Å²) < 4.78 is 1.71. The maximum absolute atomic E-state index is 12.7. The molecule has 0 bridgehead atoms. The van der Waals surface area contributed by atoms with Crippen molar-refractivity contribution in [3.8, 4) is 0 Å². The zero-order chi connectivity index (χ0) is 18.5. The monoisotopic (exact) mass is 362 g/mol. The molecule has 9 nitrogen and oxygen atoms in total. The quantitative estimate of drug-likeness (QED) is 0.590. The minimum atomic E-state index is -0.420. The molecule has 136 valence electrons. The Labute approximate surface area is 154 Å². The lowest BCUT2D eigenvalue weighted by molar-refractivity contribution is -0.131. The van der Waals surface area contributed by atoms with Crippen molar-refractivity contribution in [3.05, 3.63) is 59.9 Å². The number of nitrogens with one attached hydrogen (secondary N) is 2. The van der Waals surface area contributed by atoms with E-state index < -0.39 is 6.17 Å². The minimum Gasteiger partial charge on any atom is -0.363 e. The van der Waals surface area contributed by atoms with Gasteiger partial charge in [-0.15, -0.1) is 5.10 Å². The van der Waals surface area contributed by atoms with Crippen LogP contribution in [0.1, 0.15) is 17.2 Å². The molecular weight excluding hydrogens is 344 g/mol. The van der Waals surface area contributed by atoms with Gasteiger partial charge >= 0.3 is 0 Å². The van der Waals surface area contributed by atoms with E-state index in [9.17, 15) is 4.79 Å². The summed E-state index contributed by atoms with van der Waals surface area (Å²) >= 11 is 0. The van der Waals surface area contributed by atoms with Crippen LogP contribution in [-0.4, -0.2) is 43.2 Å². The number of aryl methyl sites for hydroxylation is 1. The van der Waals surface area contributed by atoms with Crippen LogP contribution in [0.25, 0.3) is 16.7 Å². The summed E-state index contributed by atoms with van der Waals surface area (Å²) in [6.07, 6.45) is 2.54. The third-order valence-electron chi connectivity index (χ3n) is 5.05. The van der Waals surface area contributed by atoms with E-state index in [1.54, 1.807) is 17.0 Å². The standard InChI is InChI=1S/C18H18N8O/c1-25-14-6-5-10(8-13(14)22-24-25)12-9-15(27)26-18(21-12)16(17(19)23-26)11-4-2-3-7-20-11/h2-9,16-18,21,23H,19H2,1H3. The summed E-state index contributed by atoms with van der Waals surface area (Å²) in [6, 6.07) is 11.5. The van der Waals surface area contributed by atoms with Gasteiger partial charge in [0.1, 0.15) is 11.7 Å². The first-order valence-corrected chi connectivity index (χ1v) is 8.66. The summed E-state index contributed by atoms with van der Waals surface area (Å²) in [6.45, 7) is 0. The minimum absolute atomic E-state index is 0.151. The van der Waals surface area contributed by atoms with Crippen molar-refractivity contribution in [1.82, 2.24) is 35.7 Å². The second-order valence-corrected chi connectivity index (χ2v) is 6.71. The summed E-state index contributed by atoms with van der Waals surface area (Å²) in [5.41, 5.74) is 13.4. The van der Waals surface area contributed by atoms with E-state index in [4.69, 9.17) is 5.73 Å². The Hall–Kier alpha value is -3.30. The molecule has 1 fully saturated rings. The molecule has 0 radical (unpaired) electrons. The second-order valence-electron chi connectivity index (χ2n) is 6.71. The van der Waals surface area contributed by atoms with Crippen LogP contribution in [0.3, 0.4) is 0 Å². The Kier molecular flexibility index (Phi) is 3.46. The third-order valence-corrected chi connectivity index (χ3v) is 5.05. The predicted molar refractivity (Wildman–Crippen MR) is 98.3 cm³/mol. The highest BCUT2D eigenvalue weighted by Crippen LogP contribution is 2.32. The van der Waals surface area contributed by atoms with Crippen LogP contribution in [-0.2, 0) is 11.8 Å². The predicted octanol–water partition coefficient (Wildman–Crippen LogP) is 0.0489. The zero-order valence-electron chi connectivity index (χ0n) is 14.6. The van der Waals surface area contributed by atoms with E-state index in [1.807, 2.05) is 43.4 Å². The molecule has 3 unspecified atom stereocenters. The molecule has 3 aromatic rings. The fourth-order valence-corrected chi connectivity index (χ4v) is 3.72. The van der Waals surface area contributed by atoms with Crippen LogP contribution < -0.4 is 16.5 Å². The van der Waals surface area contributed by atoms with Gasteiger partial charge in [-0.05, 0) is 24.3 Å². The van der Waals surface area contributed by atoms with Crippen molar-refractivity contribution in [2.45, 2.75) is 18.2 Å². The highest BCUT2D eigenvalue weighted by molar-refractivity contribution is 5.97. The van der Waals surface area contributed by atoms with Crippen LogP contribution in [0, 0.1) is 0 Å². The van der Waals surface area contributed by atoms with Crippen LogP contribution in [0.5, 0.6) is 0 Å². The highest BCUT2D eigenvalue weighted by atomic mass is 16.2. The van der Waals surface area contributed by atoms with Crippen molar-refractivity contribution in [3.63, 3.8) is 0 Å². The summed E-state index contributed by atoms with van der Waals surface area (Å²) in [4.78, 5) is 17.1. The van der Waals surface area contributed by atoms with Gasteiger partial charge in [0.05, 0.1) is 23.3 Å². The molecule has 3 atom stereocenters. The summed E-state index contributed by atoms with van der Waals surface area (Å²) in [5.74, 6) is -0.332. The Morgan fingerprint density at radius 2 is 2.11 bits per heavy atom. The number of nitrogens with two attached hydrogens (primary N) is 1. The van der Waals surface area contributed by atoms with Crippen molar-refractivity contribution in [2.75, 3.05) is 0 Å². The number of carbonyl (C=O) groups excluding carboxylic acids is 1. The number of fused-ring (bicyclic) bond motifs is 2. The Balaban J connectivity index is 1.52. The van der Waals surface area contributed by atoms with Crippen molar-refractivity contribution >= 4 is 22.6 Å². The number of rotatable bonds is 2. The van der Waals surface area contributed by atoms with Gasteiger partial charge in [0, 0.05) is 30.6 Å². The van der Waals surface area contributed by atoms with Crippen molar-refractivity contribution < 1.29 is 4.79 Å². The Bertz CT molecular complexity index is 1060. The number of carbonyl (C=O) groups is 1. The molecule has 2 aliphatic rings. The number of nitrogens with zero attached hydrogens (tertiary/aromatic N) is 5. The molecule has 1 aromatic carbocycles. The molecular formula is C18H18N8O. The van der Waals surface area contributed by atoms with Gasteiger partial charge in [-0.3, -0.25) is 9.78 Å². The fraction of sp³-hybridized carbons (Fsp3) is 0.222. The van der Waals surface area contributed by atoms with Crippen molar-refractivity contribution in [2.24, 2.45) is 12.8 Å². The topological polar surface area (TPSA) is 114 Å². The van der Waals surface area contributed by atoms with Gasteiger partial charge in [-0.1, -0.05) is 17.3 Å². The zero-order valence-corrected chi connectivity index (χ0v) is 14.6. The lowest BCUT2D eigenvalue weighted by Gasteiger charge is -2.32. The number of benzene rings is 1. The largest absolute Gasteiger partial charge is 0.363 e. The highest BCUT2D eigenvalue weighted by Gasteiger charge is 2.45. The Morgan fingerprint density at radius 1 is 1.22 bits per heavy atom. The van der Waals surface area contributed by atoms with E-state index in [1.165, 1.54) is 5.01 Å². The van der Waals surface area contributed by atoms with Crippen LogP contribution >= 0.6 is 0 Å². The average molecular weight is 362 g/mol. The van der Waals surface area contributed by atoms with E-state index in [0.717, 1.165) is 28.0 Å². The molecule has 0 aliphatic carbocycles. The summed E-state index contributed by atoms with van der Waals surface area (Å²) in [7, 11) is 1.84. The number of hydrazine groups is 1. The fourth-order valence-electron chi connectivity index (χ4n) is 3.72. The molecule has 27 heavy (non-hydrogen) atoms. The summed E-state index contributed by atoms with van der Waals surface area (Å²) in [5, 5.41) is 13.2. The van der Waals surface area contributed by atoms with E-state index in [0.29, 0.717) is 0 Å². The number of hydrogen-bond donors (Lipinski definition) is 3. The molecule has 0 saturated carbocycles. The number of aromatic nitrogens is 4. The number of amides is 1. The number of pyridine rings is 1. The van der Waals surface area contributed by atoms with Crippen LogP contribution in [0.15, 0.2) is 48.7 Å². The molecule has 2 aromatic heterocycles. The van der Waals surface area contributed by atoms with E-state index >= 15 is 0 Å². The average Bonchev–Trinajstić information content (AvgIpc) is 3.22. The second kappa shape index (κ2) is 5.86. The molecule has 1 saturated heterocycles. The van der Waals surface area contributed by atoms with Gasteiger partial charge in [-0.2, -0.15) is 0 Å². The lowest BCUT2D eigenvalue weighted by Crippen LogP contribution is -2.52. The van der Waals surface area contributed by atoms with Gasteiger partial charge in [0.2, 0.25) is 0 Å². The van der Waals surface area contributed by atoms with Crippen LogP contribution in [0.2, 0.25) is 0 Å². The van der Waals surface area contributed by atoms with Gasteiger partial charge in [0.15, 0.2) is 0 Å². The lowest BCUT2D eigenvalue weighted by atomic mass is 9.97. The first-order valence-electron chi connectivity index (χ1n) is 8.66. The molecule has 9 heteroatoms. The van der Waals surface area contributed by atoms with Gasteiger partial charge < -0.3 is 11.1 Å². The van der Waals surface area contributed by atoms with E-state index in [2.05, 4.69) is 26.0 Å². The SMILES string of the molecule is Cn1nnc2cc(C3=CC(=O)N4NC(N)C(c5ccccn5)C4N3)ccc21.